The van der Waals surface area contributed by atoms with Crippen LogP contribution in [0.3, 0.4) is 0 Å². The van der Waals surface area contributed by atoms with E-state index < -0.39 is 5.41 Å². The molecule has 4 heterocycles. The van der Waals surface area contributed by atoms with Crippen LogP contribution in [0.2, 0.25) is 0 Å². The number of ether oxygens (including phenoxy) is 2. The van der Waals surface area contributed by atoms with Gasteiger partial charge in [-0.3, -0.25) is 9.59 Å². The summed E-state index contributed by atoms with van der Waals surface area (Å²) in [7, 11) is 0. The van der Waals surface area contributed by atoms with Crippen molar-refractivity contribution in [2.24, 2.45) is 22.2 Å². The Morgan fingerprint density at radius 3 is 2.11 bits per heavy atom. The fraction of sp³-hybridized carbons (Fsp3) is 0.909. The van der Waals surface area contributed by atoms with Crippen LogP contribution < -0.4 is 10.6 Å². The zero-order valence-electron chi connectivity index (χ0n) is 18.1. The van der Waals surface area contributed by atoms with Crippen molar-refractivity contribution in [3.63, 3.8) is 0 Å². The number of carbonyl (C=O) groups excluding carboxylic acids is 2. The third kappa shape index (κ3) is 3.47. The normalized spacial score (nSPS) is 38.5. The average molecular weight is 393 g/mol. The minimum Gasteiger partial charge on any atom is -0.373 e. The maximum absolute atomic E-state index is 12.9. The summed E-state index contributed by atoms with van der Waals surface area (Å²) in [6.45, 7) is 12.6. The number of amides is 2. The number of carbonyl (C=O) groups is 2. The van der Waals surface area contributed by atoms with Crippen molar-refractivity contribution in [3.8, 4) is 0 Å². The predicted molar refractivity (Wildman–Crippen MR) is 106 cm³/mol. The molecule has 0 aromatic heterocycles. The predicted octanol–water partition coefficient (Wildman–Crippen LogP) is 2.41. The zero-order valence-corrected chi connectivity index (χ0v) is 18.1. The molecule has 4 bridgehead atoms. The lowest BCUT2D eigenvalue weighted by atomic mass is 9.57. The third-order valence-corrected chi connectivity index (χ3v) is 7.28. The van der Waals surface area contributed by atoms with Crippen LogP contribution in [0.4, 0.5) is 0 Å². The lowest BCUT2D eigenvalue weighted by Gasteiger charge is -2.47. The second-order valence-corrected chi connectivity index (χ2v) is 11.8. The summed E-state index contributed by atoms with van der Waals surface area (Å²) < 4.78 is 12.0. The van der Waals surface area contributed by atoms with E-state index in [0.29, 0.717) is 25.6 Å². The number of nitrogens with one attached hydrogen (secondary N) is 2. The Morgan fingerprint density at radius 2 is 1.54 bits per heavy atom. The maximum Gasteiger partial charge on any atom is 0.225 e. The van der Waals surface area contributed by atoms with Crippen LogP contribution in [0.15, 0.2) is 0 Å². The minimum atomic E-state index is -0.438. The Bertz CT molecular complexity index is 661. The largest absolute Gasteiger partial charge is 0.373 e. The molecule has 2 saturated carbocycles. The van der Waals surface area contributed by atoms with Crippen molar-refractivity contribution in [2.75, 3.05) is 26.3 Å². The molecule has 0 aromatic rings. The number of fused-ring (bicyclic) bond motifs is 2. The molecule has 6 fully saturated rings. The molecule has 4 saturated heterocycles. The quantitative estimate of drug-likeness (QED) is 0.698. The SMILES string of the molecule is CC(C)(C)C(=O)NCC12CC(CC(C)(C)C(=O)NC[C@]34C[C@H](CO3)C4)(CO1)C2. The highest BCUT2D eigenvalue weighted by Crippen LogP contribution is 2.61. The molecule has 6 heteroatoms. The smallest absolute Gasteiger partial charge is 0.225 e. The summed E-state index contributed by atoms with van der Waals surface area (Å²) >= 11 is 0. The van der Waals surface area contributed by atoms with Crippen molar-refractivity contribution < 1.29 is 19.1 Å². The summed E-state index contributed by atoms with van der Waals surface area (Å²) in [6, 6.07) is 0. The second-order valence-electron chi connectivity index (χ2n) is 11.8. The number of hydrogen-bond donors (Lipinski definition) is 2. The first-order valence-electron chi connectivity index (χ1n) is 10.7. The lowest BCUT2D eigenvalue weighted by Crippen LogP contribution is -2.55. The molecule has 158 valence electrons. The standard InChI is InChI=1S/C22H36N2O4/c1-18(2,3)16(25)23-13-22-10-20(11-22,14-28-22)9-19(4,5)17(26)24-12-21-6-15(7-21)8-27-21/h15H,6-14H2,1-5H3,(H,23,25)(H,24,26)/t15-,20?,21+,22?. The van der Waals surface area contributed by atoms with E-state index in [0.717, 1.165) is 38.7 Å². The molecule has 0 radical (unpaired) electrons. The topological polar surface area (TPSA) is 76.7 Å². The summed E-state index contributed by atoms with van der Waals surface area (Å²) in [5.74, 6) is 0.878. The second kappa shape index (κ2) is 6.18. The van der Waals surface area contributed by atoms with Gasteiger partial charge in [-0.05, 0) is 38.0 Å². The first-order chi connectivity index (χ1) is 12.9. The molecule has 6 rings (SSSR count). The Labute approximate surface area is 168 Å². The van der Waals surface area contributed by atoms with Crippen LogP contribution in [0.5, 0.6) is 0 Å². The van der Waals surface area contributed by atoms with E-state index in [1.807, 2.05) is 34.6 Å². The van der Waals surface area contributed by atoms with Gasteiger partial charge in [0.1, 0.15) is 0 Å². The van der Waals surface area contributed by atoms with Crippen LogP contribution in [0, 0.1) is 22.2 Å². The third-order valence-electron chi connectivity index (χ3n) is 7.28. The monoisotopic (exact) mass is 392 g/mol. The van der Waals surface area contributed by atoms with Gasteiger partial charge in [-0.2, -0.15) is 0 Å². The van der Waals surface area contributed by atoms with E-state index in [-0.39, 0.29) is 33.8 Å². The molecule has 2 amide bonds. The molecule has 0 atom stereocenters. The van der Waals surface area contributed by atoms with Gasteiger partial charge in [0.15, 0.2) is 0 Å². The Balaban J connectivity index is 1.26. The van der Waals surface area contributed by atoms with Gasteiger partial charge in [-0.15, -0.1) is 0 Å². The molecule has 0 unspecified atom stereocenters. The zero-order chi connectivity index (χ0) is 20.4. The van der Waals surface area contributed by atoms with Gasteiger partial charge in [-0.25, -0.2) is 0 Å². The van der Waals surface area contributed by atoms with Crippen LogP contribution in [0.1, 0.15) is 66.7 Å². The van der Waals surface area contributed by atoms with Gasteiger partial charge >= 0.3 is 0 Å². The van der Waals surface area contributed by atoms with Gasteiger partial charge in [0.2, 0.25) is 11.8 Å². The van der Waals surface area contributed by atoms with Crippen LogP contribution in [0.25, 0.3) is 0 Å². The molecule has 0 aromatic carbocycles. The average Bonchev–Trinajstić information content (AvgIpc) is 3.26. The van der Waals surface area contributed by atoms with E-state index in [1.165, 1.54) is 0 Å². The van der Waals surface area contributed by atoms with Crippen molar-refractivity contribution >= 4 is 11.8 Å². The number of rotatable bonds is 7. The first-order valence-corrected chi connectivity index (χ1v) is 10.7. The lowest BCUT2D eigenvalue weighted by molar-refractivity contribution is -0.134. The molecular weight excluding hydrogens is 356 g/mol. The fourth-order valence-electron chi connectivity index (χ4n) is 5.90. The summed E-state index contributed by atoms with van der Waals surface area (Å²) in [5, 5.41) is 6.21. The summed E-state index contributed by atoms with van der Waals surface area (Å²) in [4.78, 5) is 25.0. The molecule has 4 aliphatic heterocycles. The Morgan fingerprint density at radius 1 is 0.929 bits per heavy atom. The van der Waals surface area contributed by atoms with Crippen molar-refractivity contribution in [3.05, 3.63) is 0 Å². The van der Waals surface area contributed by atoms with E-state index in [2.05, 4.69) is 10.6 Å². The molecule has 28 heavy (non-hydrogen) atoms. The highest BCUT2D eigenvalue weighted by molar-refractivity contribution is 5.82. The Kier molecular flexibility index (Phi) is 4.45. The van der Waals surface area contributed by atoms with Crippen LogP contribution >= 0.6 is 0 Å². The number of hydrogen-bond acceptors (Lipinski definition) is 4. The van der Waals surface area contributed by atoms with E-state index in [1.54, 1.807) is 0 Å². The summed E-state index contributed by atoms with van der Waals surface area (Å²) in [6.07, 6.45) is 4.85. The molecular formula is C22H36N2O4. The Hall–Kier alpha value is -1.14. The fourth-order valence-corrected chi connectivity index (χ4v) is 5.90. The van der Waals surface area contributed by atoms with Gasteiger partial charge < -0.3 is 20.1 Å². The highest BCUT2D eigenvalue weighted by atomic mass is 16.5. The van der Waals surface area contributed by atoms with Crippen LogP contribution in [-0.4, -0.2) is 49.3 Å². The van der Waals surface area contributed by atoms with Crippen molar-refractivity contribution in [2.45, 2.75) is 77.9 Å². The molecule has 6 nitrogen and oxygen atoms in total. The highest BCUT2D eigenvalue weighted by Gasteiger charge is 2.63. The summed E-state index contributed by atoms with van der Waals surface area (Å²) in [5.41, 5.74) is -1.07. The maximum atomic E-state index is 12.9. The van der Waals surface area contributed by atoms with E-state index in [4.69, 9.17) is 9.47 Å². The van der Waals surface area contributed by atoms with Gasteiger partial charge in [0, 0.05) is 29.3 Å². The molecule has 2 N–H and O–H groups in total. The van der Waals surface area contributed by atoms with Crippen molar-refractivity contribution in [1.82, 2.24) is 10.6 Å². The molecule has 6 aliphatic rings. The van der Waals surface area contributed by atoms with Gasteiger partial charge in [-0.1, -0.05) is 34.6 Å². The van der Waals surface area contributed by atoms with E-state index >= 15 is 0 Å². The van der Waals surface area contributed by atoms with Crippen LogP contribution in [-0.2, 0) is 19.1 Å². The van der Waals surface area contributed by atoms with Gasteiger partial charge in [0.05, 0.1) is 24.4 Å². The molecule has 2 aliphatic carbocycles. The molecule has 0 spiro atoms. The van der Waals surface area contributed by atoms with E-state index in [9.17, 15) is 9.59 Å². The van der Waals surface area contributed by atoms with Crippen molar-refractivity contribution in [1.29, 1.82) is 0 Å². The first kappa shape index (κ1) is 20.1. The van der Waals surface area contributed by atoms with Gasteiger partial charge in [0.25, 0.3) is 0 Å². The minimum absolute atomic E-state index is 0.0568.